The quantitative estimate of drug-likeness (QED) is 0.628. The van der Waals surface area contributed by atoms with E-state index in [-0.39, 0.29) is 0 Å². The fourth-order valence-electron chi connectivity index (χ4n) is 1.17. The highest BCUT2D eigenvalue weighted by Crippen LogP contribution is 2.16. The van der Waals surface area contributed by atoms with Crippen molar-refractivity contribution in [2.75, 3.05) is 6.54 Å². The number of rotatable bonds is 5. The minimum atomic E-state index is 0.759. The summed E-state index contributed by atoms with van der Waals surface area (Å²) in [6.07, 6.45) is 3.83. The first-order valence-corrected chi connectivity index (χ1v) is 4.44. The smallest absolute Gasteiger partial charge is 0.00489 e. The van der Waals surface area contributed by atoms with Gasteiger partial charge in [-0.1, -0.05) is 33.6 Å². The van der Waals surface area contributed by atoms with Crippen molar-refractivity contribution in [1.29, 1.82) is 0 Å². The summed E-state index contributed by atoms with van der Waals surface area (Å²) in [7, 11) is 0. The average molecular weight is 143 g/mol. The van der Waals surface area contributed by atoms with Gasteiger partial charge in [-0.3, -0.25) is 0 Å². The third-order valence-electron chi connectivity index (χ3n) is 2.34. The van der Waals surface area contributed by atoms with E-state index in [4.69, 9.17) is 5.73 Å². The van der Waals surface area contributed by atoms with E-state index in [2.05, 4.69) is 20.8 Å². The Labute approximate surface area is 65.0 Å². The highest BCUT2D eigenvalue weighted by Gasteiger charge is 2.07. The molecule has 1 heteroatoms. The van der Waals surface area contributed by atoms with Crippen LogP contribution in [0, 0.1) is 11.8 Å². The topological polar surface area (TPSA) is 26.0 Å². The highest BCUT2D eigenvalue weighted by atomic mass is 14.5. The maximum Gasteiger partial charge on any atom is -0.00489 e. The van der Waals surface area contributed by atoms with Crippen molar-refractivity contribution in [2.45, 2.75) is 40.0 Å². The fourth-order valence-corrected chi connectivity index (χ4v) is 1.17. The van der Waals surface area contributed by atoms with Gasteiger partial charge in [-0.25, -0.2) is 0 Å². The van der Waals surface area contributed by atoms with E-state index in [0.29, 0.717) is 0 Å². The second kappa shape index (κ2) is 5.72. The van der Waals surface area contributed by atoms with Crippen molar-refractivity contribution >= 4 is 0 Å². The molecule has 0 saturated heterocycles. The summed E-state index contributed by atoms with van der Waals surface area (Å²) < 4.78 is 0. The summed E-state index contributed by atoms with van der Waals surface area (Å²) in [5.74, 6) is 1.61. The Kier molecular flexibility index (Phi) is 5.70. The normalized spacial score (nSPS) is 16.8. The van der Waals surface area contributed by atoms with Gasteiger partial charge in [-0.2, -0.15) is 0 Å². The third-order valence-corrected chi connectivity index (χ3v) is 2.34. The fraction of sp³-hybridized carbons (Fsp3) is 1.00. The lowest BCUT2D eigenvalue weighted by Crippen LogP contribution is -2.15. The third kappa shape index (κ3) is 3.89. The van der Waals surface area contributed by atoms with Gasteiger partial charge in [0.15, 0.2) is 0 Å². The maximum absolute atomic E-state index is 5.59. The molecule has 0 saturated carbocycles. The van der Waals surface area contributed by atoms with Gasteiger partial charge in [0.05, 0.1) is 0 Å². The molecule has 0 heterocycles. The number of hydrogen-bond acceptors (Lipinski definition) is 1. The van der Waals surface area contributed by atoms with Crippen LogP contribution in [0.4, 0.5) is 0 Å². The van der Waals surface area contributed by atoms with Crippen LogP contribution in [0.3, 0.4) is 0 Å². The lowest BCUT2D eigenvalue weighted by atomic mass is 9.92. The first-order valence-electron chi connectivity index (χ1n) is 4.44. The lowest BCUT2D eigenvalue weighted by Gasteiger charge is -2.15. The molecule has 62 valence electrons. The molecule has 10 heavy (non-hydrogen) atoms. The van der Waals surface area contributed by atoms with Gasteiger partial charge in [0.25, 0.3) is 0 Å². The standard InChI is InChI=1S/C9H21N/c1-4-8(3)6-9(5-2)7-10/h8-9H,4-7,10H2,1-3H3/t8-,9-/m1/s1. The maximum atomic E-state index is 5.59. The van der Waals surface area contributed by atoms with E-state index < -0.39 is 0 Å². The lowest BCUT2D eigenvalue weighted by molar-refractivity contribution is 0.380. The molecule has 0 aromatic rings. The molecule has 0 aromatic carbocycles. The van der Waals surface area contributed by atoms with Gasteiger partial charge < -0.3 is 5.73 Å². The Morgan fingerprint density at radius 2 is 1.80 bits per heavy atom. The van der Waals surface area contributed by atoms with Crippen molar-refractivity contribution in [2.24, 2.45) is 17.6 Å². The van der Waals surface area contributed by atoms with Crippen LogP contribution in [0.25, 0.3) is 0 Å². The molecular formula is C9H21N. The predicted octanol–water partition coefficient (Wildman–Crippen LogP) is 2.41. The van der Waals surface area contributed by atoms with E-state index in [9.17, 15) is 0 Å². The molecule has 0 fully saturated rings. The van der Waals surface area contributed by atoms with E-state index in [0.717, 1.165) is 18.4 Å². The van der Waals surface area contributed by atoms with Crippen molar-refractivity contribution in [3.63, 3.8) is 0 Å². The van der Waals surface area contributed by atoms with Crippen molar-refractivity contribution in [1.82, 2.24) is 0 Å². The summed E-state index contributed by atoms with van der Waals surface area (Å²) in [4.78, 5) is 0. The molecule has 2 N–H and O–H groups in total. The molecule has 1 nitrogen and oxygen atoms in total. The Hall–Kier alpha value is -0.0400. The van der Waals surface area contributed by atoms with Crippen molar-refractivity contribution in [3.05, 3.63) is 0 Å². The molecule has 0 aliphatic carbocycles. The minimum absolute atomic E-state index is 0.759. The Balaban J connectivity index is 3.41. The van der Waals surface area contributed by atoms with Gasteiger partial charge >= 0.3 is 0 Å². The van der Waals surface area contributed by atoms with Crippen LogP contribution in [0.1, 0.15) is 40.0 Å². The monoisotopic (exact) mass is 143 g/mol. The molecule has 0 aliphatic rings. The van der Waals surface area contributed by atoms with Crippen LogP contribution < -0.4 is 5.73 Å². The second-order valence-corrected chi connectivity index (χ2v) is 3.26. The predicted molar refractivity (Wildman–Crippen MR) is 46.9 cm³/mol. The Morgan fingerprint density at radius 1 is 1.20 bits per heavy atom. The van der Waals surface area contributed by atoms with Gasteiger partial charge in [0.1, 0.15) is 0 Å². The molecule has 0 unspecified atom stereocenters. The molecule has 0 rings (SSSR count). The molecule has 0 aromatic heterocycles. The zero-order valence-corrected chi connectivity index (χ0v) is 7.56. The number of nitrogens with two attached hydrogens (primary N) is 1. The largest absolute Gasteiger partial charge is 0.330 e. The van der Waals surface area contributed by atoms with Crippen LogP contribution in [0.2, 0.25) is 0 Å². The van der Waals surface area contributed by atoms with Gasteiger partial charge in [-0.15, -0.1) is 0 Å². The van der Waals surface area contributed by atoms with E-state index in [1.54, 1.807) is 0 Å². The van der Waals surface area contributed by atoms with Gasteiger partial charge in [0.2, 0.25) is 0 Å². The Bertz CT molecular complexity index is 67.1. The van der Waals surface area contributed by atoms with Crippen LogP contribution >= 0.6 is 0 Å². The summed E-state index contributed by atoms with van der Waals surface area (Å²) in [5.41, 5.74) is 5.59. The SMILES string of the molecule is CC[C@@H](C)C[C@@H](CC)CN. The van der Waals surface area contributed by atoms with Crippen LogP contribution in [0.5, 0.6) is 0 Å². The van der Waals surface area contributed by atoms with Crippen molar-refractivity contribution in [3.8, 4) is 0 Å². The zero-order valence-electron chi connectivity index (χ0n) is 7.56. The molecular weight excluding hydrogens is 122 g/mol. The zero-order chi connectivity index (χ0) is 7.98. The van der Waals surface area contributed by atoms with Gasteiger partial charge in [0, 0.05) is 0 Å². The van der Waals surface area contributed by atoms with Gasteiger partial charge in [-0.05, 0) is 24.8 Å². The van der Waals surface area contributed by atoms with E-state index in [1.165, 1.54) is 19.3 Å². The Morgan fingerprint density at radius 3 is 2.10 bits per heavy atom. The first-order chi connectivity index (χ1) is 4.74. The summed E-state index contributed by atoms with van der Waals surface area (Å²) in [6, 6.07) is 0. The summed E-state index contributed by atoms with van der Waals surface area (Å²) in [5, 5.41) is 0. The van der Waals surface area contributed by atoms with Crippen LogP contribution in [0.15, 0.2) is 0 Å². The summed E-state index contributed by atoms with van der Waals surface area (Å²) in [6.45, 7) is 7.63. The average Bonchev–Trinajstić information content (AvgIpc) is 1.99. The van der Waals surface area contributed by atoms with Crippen molar-refractivity contribution < 1.29 is 0 Å². The molecule has 0 amide bonds. The minimum Gasteiger partial charge on any atom is -0.330 e. The molecule has 0 bridgehead atoms. The summed E-state index contributed by atoms with van der Waals surface area (Å²) >= 11 is 0. The highest BCUT2D eigenvalue weighted by molar-refractivity contribution is 4.61. The number of hydrogen-bond donors (Lipinski definition) is 1. The second-order valence-electron chi connectivity index (χ2n) is 3.26. The molecule has 0 spiro atoms. The van der Waals surface area contributed by atoms with E-state index in [1.807, 2.05) is 0 Å². The molecule has 0 aliphatic heterocycles. The first kappa shape index (κ1) is 9.96. The van der Waals surface area contributed by atoms with Crippen LogP contribution in [-0.2, 0) is 0 Å². The van der Waals surface area contributed by atoms with E-state index >= 15 is 0 Å². The molecule has 2 atom stereocenters. The molecule has 0 radical (unpaired) electrons. The van der Waals surface area contributed by atoms with Crippen LogP contribution in [-0.4, -0.2) is 6.54 Å².